The number of fused-ring (bicyclic) bond motifs is 3. The number of rotatable bonds is 3. The largest absolute Gasteiger partial charge is 0.350 e. The van der Waals surface area contributed by atoms with Crippen molar-refractivity contribution in [2.24, 2.45) is 0 Å². The molecule has 5 heterocycles. The van der Waals surface area contributed by atoms with Crippen molar-refractivity contribution in [3.8, 4) is 0 Å². The molecule has 0 aliphatic carbocycles. The molecule has 3 aromatic rings. The summed E-state index contributed by atoms with van der Waals surface area (Å²) in [5, 5.41) is 9.03. The molecule has 9 heteroatoms. The SMILES string of the molecule is CSc1nccc(N2CC3CC2CN3c2nccn3cnnc23)n1. The zero-order valence-electron chi connectivity index (χ0n) is 13.1. The van der Waals surface area contributed by atoms with E-state index in [0.29, 0.717) is 12.1 Å². The fraction of sp³-hybridized carbons (Fsp3) is 0.400. The minimum absolute atomic E-state index is 0.429. The molecule has 2 aliphatic rings. The maximum absolute atomic E-state index is 4.65. The van der Waals surface area contributed by atoms with E-state index in [1.165, 1.54) is 0 Å². The second kappa shape index (κ2) is 5.30. The standard InChI is InChI=1S/C15H16N8S/c1-24-15-17-3-2-12(19-15)22-7-11-6-10(22)8-23(11)13-14-20-18-9-21(14)5-4-16-13/h2-5,9-11H,6-8H2,1H3. The maximum Gasteiger partial charge on any atom is 0.203 e. The molecule has 122 valence electrons. The Morgan fingerprint density at radius 3 is 2.83 bits per heavy atom. The summed E-state index contributed by atoms with van der Waals surface area (Å²) in [6, 6.07) is 2.88. The van der Waals surface area contributed by atoms with Crippen LogP contribution in [0.1, 0.15) is 6.42 Å². The van der Waals surface area contributed by atoms with Gasteiger partial charge in [-0.15, -0.1) is 10.2 Å². The zero-order valence-corrected chi connectivity index (χ0v) is 14.0. The van der Waals surface area contributed by atoms with Gasteiger partial charge in [0.2, 0.25) is 5.65 Å². The quantitative estimate of drug-likeness (QED) is 0.518. The topological polar surface area (TPSA) is 75.3 Å². The van der Waals surface area contributed by atoms with Crippen molar-refractivity contribution in [1.82, 2.24) is 29.5 Å². The molecule has 0 aromatic carbocycles. The molecule has 0 N–H and O–H groups in total. The predicted octanol–water partition coefficient (Wildman–Crippen LogP) is 1.10. The number of thioether (sulfide) groups is 1. The van der Waals surface area contributed by atoms with E-state index >= 15 is 0 Å². The van der Waals surface area contributed by atoms with Crippen LogP contribution in [0.15, 0.2) is 36.1 Å². The van der Waals surface area contributed by atoms with Gasteiger partial charge in [-0.2, -0.15) is 0 Å². The minimum Gasteiger partial charge on any atom is -0.350 e. The molecule has 2 atom stereocenters. The monoisotopic (exact) mass is 340 g/mol. The molecule has 0 amide bonds. The van der Waals surface area contributed by atoms with Gasteiger partial charge in [0, 0.05) is 31.7 Å². The minimum atomic E-state index is 0.429. The molecule has 8 nitrogen and oxygen atoms in total. The van der Waals surface area contributed by atoms with E-state index in [2.05, 4.69) is 34.9 Å². The lowest BCUT2D eigenvalue weighted by atomic mass is 10.2. The van der Waals surface area contributed by atoms with E-state index in [0.717, 1.165) is 41.9 Å². The third-order valence-corrected chi connectivity index (χ3v) is 5.37. The van der Waals surface area contributed by atoms with Crippen LogP contribution in [0, 0.1) is 0 Å². The molecule has 2 bridgehead atoms. The first-order valence-corrected chi connectivity index (χ1v) is 9.10. The smallest absolute Gasteiger partial charge is 0.203 e. The van der Waals surface area contributed by atoms with Gasteiger partial charge in [-0.1, -0.05) is 11.8 Å². The third-order valence-electron chi connectivity index (χ3n) is 4.81. The van der Waals surface area contributed by atoms with Crippen molar-refractivity contribution in [1.29, 1.82) is 0 Å². The van der Waals surface area contributed by atoms with Crippen molar-refractivity contribution in [3.63, 3.8) is 0 Å². The van der Waals surface area contributed by atoms with Crippen LogP contribution in [-0.4, -0.2) is 61.0 Å². The van der Waals surface area contributed by atoms with Crippen molar-refractivity contribution in [2.75, 3.05) is 29.1 Å². The molecule has 3 aromatic heterocycles. The summed E-state index contributed by atoms with van der Waals surface area (Å²) in [6.45, 7) is 1.88. The summed E-state index contributed by atoms with van der Waals surface area (Å²) in [6.07, 6.45) is 10.4. The van der Waals surface area contributed by atoms with Gasteiger partial charge in [-0.05, 0) is 18.7 Å². The number of piperazine rings is 1. The summed E-state index contributed by atoms with van der Waals surface area (Å²) in [7, 11) is 0. The first kappa shape index (κ1) is 14.0. The van der Waals surface area contributed by atoms with Gasteiger partial charge in [0.1, 0.15) is 12.1 Å². The van der Waals surface area contributed by atoms with Gasteiger partial charge in [0.15, 0.2) is 11.0 Å². The van der Waals surface area contributed by atoms with E-state index in [1.54, 1.807) is 18.1 Å². The fourth-order valence-corrected chi connectivity index (χ4v) is 4.10. The van der Waals surface area contributed by atoms with Gasteiger partial charge >= 0.3 is 0 Å². The van der Waals surface area contributed by atoms with E-state index in [1.807, 2.05) is 35.3 Å². The molecule has 0 saturated carbocycles. The Hall–Kier alpha value is -2.42. The summed E-state index contributed by atoms with van der Waals surface area (Å²) in [5.74, 6) is 1.95. The van der Waals surface area contributed by atoms with Crippen molar-refractivity contribution >= 4 is 29.0 Å². The van der Waals surface area contributed by atoms with Crippen LogP contribution in [0.5, 0.6) is 0 Å². The van der Waals surface area contributed by atoms with Crippen molar-refractivity contribution in [3.05, 3.63) is 31.0 Å². The van der Waals surface area contributed by atoms with Crippen molar-refractivity contribution in [2.45, 2.75) is 23.7 Å². The maximum atomic E-state index is 4.65. The lowest BCUT2D eigenvalue weighted by molar-refractivity contribution is 0.632. The summed E-state index contributed by atoms with van der Waals surface area (Å²) < 4.78 is 1.92. The fourth-order valence-electron chi connectivity index (χ4n) is 3.74. The molecule has 2 aliphatic heterocycles. The second-order valence-electron chi connectivity index (χ2n) is 6.06. The molecule has 2 unspecified atom stereocenters. The second-order valence-corrected chi connectivity index (χ2v) is 6.84. The van der Waals surface area contributed by atoms with E-state index in [9.17, 15) is 0 Å². The highest BCUT2D eigenvalue weighted by Crippen LogP contribution is 2.37. The normalized spacial score (nSPS) is 22.7. The Bertz CT molecular complexity index is 896. The summed E-state index contributed by atoms with van der Waals surface area (Å²) >= 11 is 1.57. The number of anilines is 2. The van der Waals surface area contributed by atoms with E-state index < -0.39 is 0 Å². The highest BCUT2D eigenvalue weighted by Gasteiger charge is 2.45. The molecule has 2 saturated heterocycles. The molecule has 24 heavy (non-hydrogen) atoms. The van der Waals surface area contributed by atoms with Gasteiger partial charge in [-0.25, -0.2) is 15.0 Å². The van der Waals surface area contributed by atoms with Crippen LogP contribution in [0.3, 0.4) is 0 Å². The van der Waals surface area contributed by atoms with E-state index in [4.69, 9.17) is 0 Å². The van der Waals surface area contributed by atoms with Crippen LogP contribution in [0.4, 0.5) is 11.6 Å². The number of hydrogen-bond donors (Lipinski definition) is 0. The van der Waals surface area contributed by atoms with Gasteiger partial charge < -0.3 is 9.80 Å². The molecular weight excluding hydrogens is 324 g/mol. The van der Waals surface area contributed by atoms with Gasteiger partial charge in [0.05, 0.1) is 12.1 Å². The van der Waals surface area contributed by atoms with E-state index in [-0.39, 0.29) is 0 Å². The van der Waals surface area contributed by atoms with Gasteiger partial charge in [0.25, 0.3) is 0 Å². The average Bonchev–Trinajstić information content (AvgIpc) is 3.36. The first-order valence-electron chi connectivity index (χ1n) is 7.88. The Kier molecular flexibility index (Phi) is 3.09. The first-order chi connectivity index (χ1) is 11.8. The molecule has 2 fully saturated rings. The highest BCUT2D eigenvalue weighted by atomic mass is 32.2. The Balaban J connectivity index is 1.43. The average molecular weight is 340 g/mol. The molecule has 0 spiro atoms. The number of aromatic nitrogens is 6. The number of nitrogens with zero attached hydrogens (tertiary/aromatic N) is 8. The van der Waals surface area contributed by atoms with Crippen molar-refractivity contribution < 1.29 is 0 Å². The lowest BCUT2D eigenvalue weighted by Crippen LogP contribution is -2.47. The van der Waals surface area contributed by atoms with Crippen LogP contribution >= 0.6 is 11.8 Å². The van der Waals surface area contributed by atoms with Crippen LogP contribution in [0.2, 0.25) is 0 Å². The molecule has 0 radical (unpaired) electrons. The molecule has 5 rings (SSSR count). The Morgan fingerprint density at radius 2 is 2.00 bits per heavy atom. The molecular formula is C15H16N8S. The lowest BCUT2D eigenvalue weighted by Gasteiger charge is -2.35. The summed E-state index contributed by atoms with van der Waals surface area (Å²) in [5.41, 5.74) is 0.823. The van der Waals surface area contributed by atoms with Gasteiger partial charge in [-0.3, -0.25) is 4.40 Å². The Labute approximate surface area is 142 Å². The highest BCUT2D eigenvalue weighted by molar-refractivity contribution is 7.98. The summed E-state index contributed by atoms with van der Waals surface area (Å²) in [4.78, 5) is 18.2. The van der Waals surface area contributed by atoms with Crippen LogP contribution < -0.4 is 9.80 Å². The third kappa shape index (κ3) is 2.04. The number of hydrogen-bond acceptors (Lipinski definition) is 8. The predicted molar refractivity (Wildman–Crippen MR) is 91.5 cm³/mol. The van der Waals surface area contributed by atoms with Crippen LogP contribution in [0.25, 0.3) is 5.65 Å². The zero-order chi connectivity index (χ0) is 16.1. The Morgan fingerprint density at radius 1 is 1.12 bits per heavy atom. The van der Waals surface area contributed by atoms with Crippen LogP contribution in [-0.2, 0) is 0 Å².